The fraction of sp³-hybridized carbons (Fsp3) is 0.429. The molecule has 0 spiro atoms. The van der Waals surface area contributed by atoms with Crippen molar-refractivity contribution in [3.63, 3.8) is 0 Å². The lowest BCUT2D eigenvalue weighted by Gasteiger charge is -2.12. The normalized spacial score (nSPS) is 15.7. The number of hydrogen-bond acceptors (Lipinski definition) is 6. The SMILES string of the molecule is CC(Sc1nnnn1C1CC1)C(=O)Nc1ccc(OC(F)(F)F)cc1. The van der Waals surface area contributed by atoms with Gasteiger partial charge in [-0.05, 0) is 54.5 Å². The van der Waals surface area contributed by atoms with Crippen molar-refractivity contribution in [3.8, 4) is 5.75 Å². The van der Waals surface area contributed by atoms with Gasteiger partial charge >= 0.3 is 6.36 Å². The first-order valence-electron chi connectivity index (χ1n) is 7.43. The lowest BCUT2D eigenvalue weighted by atomic mass is 10.3. The smallest absolute Gasteiger partial charge is 0.406 e. The Kier molecular flexibility index (Phi) is 4.84. The van der Waals surface area contributed by atoms with E-state index in [4.69, 9.17) is 0 Å². The molecule has 11 heteroatoms. The second-order valence-electron chi connectivity index (χ2n) is 5.46. The molecule has 1 N–H and O–H groups in total. The van der Waals surface area contributed by atoms with Crippen LogP contribution in [0, 0.1) is 0 Å². The average molecular weight is 373 g/mol. The second kappa shape index (κ2) is 6.90. The highest BCUT2D eigenvalue weighted by atomic mass is 32.2. The summed E-state index contributed by atoms with van der Waals surface area (Å²) in [6.07, 6.45) is -2.71. The van der Waals surface area contributed by atoms with Crippen molar-refractivity contribution >= 4 is 23.4 Å². The molecule has 1 aliphatic rings. The highest BCUT2D eigenvalue weighted by Gasteiger charge is 2.31. The van der Waals surface area contributed by atoms with Crippen molar-refractivity contribution in [2.75, 3.05) is 5.32 Å². The van der Waals surface area contributed by atoms with Gasteiger partial charge in [-0.15, -0.1) is 18.3 Å². The summed E-state index contributed by atoms with van der Waals surface area (Å²) in [6, 6.07) is 5.24. The summed E-state index contributed by atoms with van der Waals surface area (Å²) >= 11 is 1.22. The Morgan fingerprint density at radius 1 is 1.36 bits per heavy atom. The van der Waals surface area contributed by atoms with E-state index in [0.29, 0.717) is 16.9 Å². The van der Waals surface area contributed by atoms with Gasteiger partial charge in [-0.1, -0.05) is 11.8 Å². The maximum absolute atomic E-state index is 12.2. The molecule has 0 bridgehead atoms. The molecule has 1 aliphatic carbocycles. The van der Waals surface area contributed by atoms with Crippen LogP contribution in [-0.2, 0) is 4.79 Å². The molecule has 0 radical (unpaired) electrons. The monoisotopic (exact) mass is 373 g/mol. The molecule has 2 aromatic rings. The molecule has 1 aromatic carbocycles. The van der Waals surface area contributed by atoms with Crippen molar-refractivity contribution in [2.45, 2.75) is 42.6 Å². The first-order valence-corrected chi connectivity index (χ1v) is 8.31. The van der Waals surface area contributed by atoms with Crippen molar-refractivity contribution in [1.82, 2.24) is 20.2 Å². The molecule has 1 fully saturated rings. The molecule has 134 valence electrons. The number of rotatable bonds is 6. The molecular weight excluding hydrogens is 359 g/mol. The minimum Gasteiger partial charge on any atom is -0.406 e. The standard InChI is InChI=1S/C14H14F3N5O2S/c1-8(25-13-19-20-21-22(13)10-4-5-10)12(23)18-9-2-6-11(7-3-9)24-14(15,16)17/h2-3,6-8,10H,4-5H2,1H3,(H,18,23). The summed E-state index contributed by atoms with van der Waals surface area (Å²) in [4.78, 5) is 12.2. The van der Waals surface area contributed by atoms with Gasteiger partial charge < -0.3 is 10.1 Å². The lowest BCUT2D eigenvalue weighted by molar-refractivity contribution is -0.274. The quantitative estimate of drug-likeness (QED) is 0.784. The molecule has 1 atom stereocenters. The van der Waals surface area contributed by atoms with E-state index >= 15 is 0 Å². The number of carbonyl (C=O) groups is 1. The second-order valence-corrected chi connectivity index (χ2v) is 6.77. The lowest BCUT2D eigenvalue weighted by Crippen LogP contribution is -2.23. The predicted octanol–water partition coefficient (Wildman–Crippen LogP) is 3.03. The third kappa shape index (κ3) is 4.84. The summed E-state index contributed by atoms with van der Waals surface area (Å²) in [6.45, 7) is 1.70. The minimum absolute atomic E-state index is 0.300. The fourth-order valence-electron chi connectivity index (χ4n) is 2.01. The van der Waals surface area contributed by atoms with Crippen LogP contribution in [0.15, 0.2) is 29.4 Å². The Labute approximate surface area is 144 Å². The number of hydrogen-bond donors (Lipinski definition) is 1. The molecule has 1 unspecified atom stereocenters. The average Bonchev–Trinajstić information content (AvgIpc) is 3.27. The number of anilines is 1. The number of carbonyl (C=O) groups excluding carboxylic acids is 1. The van der Waals surface area contributed by atoms with Gasteiger partial charge in [-0.25, -0.2) is 4.68 Å². The Balaban J connectivity index is 1.56. The van der Waals surface area contributed by atoms with E-state index in [1.807, 2.05) is 0 Å². The van der Waals surface area contributed by atoms with Gasteiger partial charge in [0.2, 0.25) is 11.1 Å². The summed E-state index contributed by atoms with van der Waals surface area (Å²) < 4.78 is 41.8. The summed E-state index contributed by atoms with van der Waals surface area (Å²) in [5, 5.41) is 14.2. The van der Waals surface area contributed by atoms with E-state index in [0.717, 1.165) is 25.0 Å². The fourth-order valence-corrected chi connectivity index (χ4v) is 2.87. The summed E-state index contributed by atoms with van der Waals surface area (Å²) in [5.74, 6) is -0.656. The zero-order valence-electron chi connectivity index (χ0n) is 13.0. The van der Waals surface area contributed by atoms with Crippen molar-refractivity contribution in [1.29, 1.82) is 0 Å². The van der Waals surface area contributed by atoms with Gasteiger partial charge in [0.25, 0.3) is 0 Å². The number of ether oxygens (including phenoxy) is 1. The van der Waals surface area contributed by atoms with Crippen LogP contribution in [0.5, 0.6) is 5.75 Å². The van der Waals surface area contributed by atoms with Crippen molar-refractivity contribution in [2.24, 2.45) is 0 Å². The molecule has 3 rings (SSSR count). The number of nitrogens with zero attached hydrogens (tertiary/aromatic N) is 4. The van der Waals surface area contributed by atoms with Gasteiger partial charge in [-0.3, -0.25) is 4.79 Å². The molecule has 25 heavy (non-hydrogen) atoms. The molecule has 1 amide bonds. The number of aromatic nitrogens is 4. The zero-order chi connectivity index (χ0) is 18.0. The molecule has 1 saturated carbocycles. The van der Waals surface area contributed by atoms with Crippen LogP contribution in [0.4, 0.5) is 18.9 Å². The van der Waals surface area contributed by atoms with Crippen molar-refractivity contribution < 1.29 is 22.7 Å². The van der Waals surface area contributed by atoms with E-state index in [-0.39, 0.29) is 11.7 Å². The largest absolute Gasteiger partial charge is 0.573 e. The number of nitrogens with one attached hydrogen (secondary N) is 1. The van der Waals surface area contributed by atoms with E-state index < -0.39 is 11.6 Å². The Morgan fingerprint density at radius 3 is 2.64 bits per heavy atom. The number of tetrazole rings is 1. The van der Waals surface area contributed by atoms with Crippen LogP contribution in [0.3, 0.4) is 0 Å². The number of thioether (sulfide) groups is 1. The molecule has 7 nitrogen and oxygen atoms in total. The number of alkyl halides is 3. The van der Waals surface area contributed by atoms with Crippen LogP contribution >= 0.6 is 11.8 Å². The molecular formula is C14H14F3N5O2S. The van der Waals surface area contributed by atoms with E-state index in [1.165, 1.54) is 23.9 Å². The van der Waals surface area contributed by atoms with Crippen LogP contribution in [0.2, 0.25) is 0 Å². The summed E-state index contributed by atoms with van der Waals surface area (Å²) in [5.41, 5.74) is 0.369. The summed E-state index contributed by atoms with van der Waals surface area (Å²) in [7, 11) is 0. The number of halogens is 3. The third-order valence-corrected chi connectivity index (χ3v) is 4.41. The first kappa shape index (κ1) is 17.5. The minimum atomic E-state index is -4.75. The van der Waals surface area contributed by atoms with Gasteiger partial charge in [0.05, 0.1) is 11.3 Å². The van der Waals surface area contributed by atoms with Gasteiger partial charge in [0, 0.05) is 5.69 Å². The molecule has 1 aromatic heterocycles. The molecule has 0 saturated heterocycles. The highest BCUT2D eigenvalue weighted by Crippen LogP contribution is 2.37. The van der Waals surface area contributed by atoms with Gasteiger partial charge in [-0.2, -0.15) is 0 Å². The van der Waals surface area contributed by atoms with Crippen LogP contribution < -0.4 is 10.1 Å². The third-order valence-electron chi connectivity index (χ3n) is 3.36. The molecule has 1 heterocycles. The first-order chi connectivity index (χ1) is 11.8. The van der Waals surface area contributed by atoms with E-state index in [1.54, 1.807) is 11.6 Å². The van der Waals surface area contributed by atoms with Crippen LogP contribution in [0.25, 0.3) is 0 Å². The Bertz CT molecular complexity index is 746. The van der Waals surface area contributed by atoms with Gasteiger partial charge in [0.1, 0.15) is 5.75 Å². The predicted molar refractivity (Wildman–Crippen MR) is 83.2 cm³/mol. The number of benzene rings is 1. The maximum Gasteiger partial charge on any atom is 0.573 e. The zero-order valence-corrected chi connectivity index (χ0v) is 13.8. The molecule has 0 aliphatic heterocycles. The van der Waals surface area contributed by atoms with Crippen LogP contribution in [-0.4, -0.2) is 37.7 Å². The topological polar surface area (TPSA) is 81.9 Å². The van der Waals surface area contributed by atoms with Crippen molar-refractivity contribution in [3.05, 3.63) is 24.3 Å². The van der Waals surface area contributed by atoms with Crippen LogP contribution in [0.1, 0.15) is 25.8 Å². The van der Waals surface area contributed by atoms with E-state index in [9.17, 15) is 18.0 Å². The number of amides is 1. The van der Waals surface area contributed by atoms with E-state index in [2.05, 4.69) is 25.6 Å². The Hall–Kier alpha value is -2.30. The van der Waals surface area contributed by atoms with Gasteiger partial charge in [0.15, 0.2) is 0 Å². The Morgan fingerprint density at radius 2 is 2.04 bits per heavy atom. The maximum atomic E-state index is 12.2. The highest BCUT2D eigenvalue weighted by molar-refractivity contribution is 8.00.